The van der Waals surface area contributed by atoms with Crippen LogP contribution in [0.15, 0.2) is 64.6 Å². The molecule has 2 aromatic heterocycles. The highest BCUT2D eigenvalue weighted by Crippen LogP contribution is 2.25. The Morgan fingerprint density at radius 2 is 2.00 bits per heavy atom. The fourth-order valence-electron chi connectivity index (χ4n) is 2.58. The third kappa shape index (κ3) is 5.90. The molecule has 0 atom stereocenters. The number of benzene rings is 1. The van der Waals surface area contributed by atoms with Crippen molar-refractivity contribution >= 4 is 22.9 Å². The van der Waals surface area contributed by atoms with Crippen molar-refractivity contribution in [2.24, 2.45) is 0 Å². The minimum absolute atomic E-state index is 0.0710. The summed E-state index contributed by atoms with van der Waals surface area (Å²) in [5.41, 5.74) is 0.205. The van der Waals surface area contributed by atoms with Crippen LogP contribution in [-0.2, 0) is 17.9 Å². The van der Waals surface area contributed by atoms with Crippen molar-refractivity contribution in [2.75, 3.05) is 11.9 Å². The molecule has 1 N–H and O–H groups in total. The number of para-hydroxylation sites is 2. The Morgan fingerprint density at radius 1 is 1.15 bits per heavy atom. The van der Waals surface area contributed by atoms with Gasteiger partial charge in [-0.15, -0.1) is 11.3 Å². The van der Waals surface area contributed by atoms with Crippen LogP contribution in [0, 0.1) is 0 Å². The predicted octanol–water partition coefficient (Wildman–Crippen LogP) is 4.58. The molecule has 0 bridgehead atoms. The summed E-state index contributed by atoms with van der Waals surface area (Å²) in [6.45, 7) is -1.87. The number of amides is 1. The fourth-order valence-corrected chi connectivity index (χ4v) is 3.32. The molecule has 3 aromatic rings. The first-order chi connectivity index (χ1) is 13.1. The number of carbonyl (C=O) groups excluding carboxylic acids is 1. The zero-order chi connectivity index (χ0) is 19.1. The van der Waals surface area contributed by atoms with Gasteiger partial charge < -0.3 is 14.5 Å². The van der Waals surface area contributed by atoms with Crippen LogP contribution in [0.4, 0.5) is 14.5 Å². The average Bonchev–Trinajstić information content (AvgIpc) is 3.30. The lowest BCUT2D eigenvalue weighted by molar-refractivity contribution is -0.117. The van der Waals surface area contributed by atoms with Gasteiger partial charge >= 0.3 is 6.61 Å². The van der Waals surface area contributed by atoms with Gasteiger partial charge in [0.1, 0.15) is 11.5 Å². The Labute approximate surface area is 159 Å². The molecule has 0 radical (unpaired) electrons. The second-order valence-electron chi connectivity index (χ2n) is 5.73. The molecular formula is C19H18F2N2O3S. The number of ether oxygens (including phenoxy) is 1. The van der Waals surface area contributed by atoms with E-state index in [1.807, 2.05) is 28.5 Å². The maximum atomic E-state index is 12.5. The van der Waals surface area contributed by atoms with E-state index in [0.717, 1.165) is 10.6 Å². The molecule has 2 heterocycles. The van der Waals surface area contributed by atoms with Gasteiger partial charge in [0.2, 0.25) is 5.91 Å². The Bertz CT molecular complexity index is 802. The van der Waals surface area contributed by atoms with Crippen LogP contribution >= 0.6 is 11.3 Å². The second-order valence-corrected chi connectivity index (χ2v) is 6.76. The van der Waals surface area contributed by atoms with Crippen LogP contribution in [0.3, 0.4) is 0 Å². The van der Waals surface area contributed by atoms with Gasteiger partial charge in [0, 0.05) is 11.4 Å². The highest BCUT2D eigenvalue weighted by Gasteiger charge is 2.16. The molecule has 3 rings (SSSR count). The van der Waals surface area contributed by atoms with Crippen molar-refractivity contribution in [1.29, 1.82) is 0 Å². The second kappa shape index (κ2) is 9.29. The van der Waals surface area contributed by atoms with Crippen molar-refractivity contribution < 1.29 is 22.7 Å². The number of alkyl halides is 2. The summed E-state index contributed by atoms with van der Waals surface area (Å²) in [6.07, 6.45) is 1.58. The molecule has 0 fully saturated rings. The lowest BCUT2D eigenvalue weighted by Crippen LogP contribution is -2.32. The summed E-state index contributed by atoms with van der Waals surface area (Å²) < 4.78 is 34.9. The molecule has 0 saturated heterocycles. The number of hydrogen-bond donors (Lipinski definition) is 1. The molecule has 0 aliphatic carbocycles. The Balaban J connectivity index is 1.67. The lowest BCUT2D eigenvalue weighted by Gasteiger charge is -2.20. The number of halogens is 2. The van der Waals surface area contributed by atoms with Crippen LogP contribution in [0.5, 0.6) is 5.75 Å². The highest BCUT2D eigenvalue weighted by molar-refractivity contribution is 7.09. The summed E-state index contributed by atoms with van der Waals surface area (Å²) in [6, 6.07) is 13.7. The van der Waals surface area contributed by atoms with E-state index in [2.05, 4.69) is 10.1 Å². The van der Waals surface area contributed by atoms with Gasteiger partial charge in [-0.3, -0.25) is 9.69 Å². The minimum Gasteiger partial charge on any atom is -0.468 e. The summed E-state index contributed by atoms with van der Waals surface area (Å²) in [5.74, 6) is 0.334. The van der Waals surface area contributed by atoms with Crippen molar-refractivity contribution in [3.05, 3.63) is 70.8 Å². The van der Waals surface area contributed by atoms with E-state index in [9.17, 15) is 13.6 Å². The molecule has 0 aliphatic rings. The third-order valence-electron chi connectivity index (χ3n) is 3.66. The number of carbonyl (C=O) groups is 1. The van der Waals surface area contributed by atoms with E-state index >= 15 is 0 Å². The monoisotopic (exact) mass is 392 g/mol. The average molecular weight is 392 g/mol. The molecule has 1 aromatic carbocycles. The van der Waals surface area contributed by atoms with Gasteiger partial charge in [-0.1, -0.05) is 18.2 Å². The lowest BCUT2D eigenvalue weighted by atomic mass is 10.3. The topological polar surface area (TPSA) is 54.7 Å². The molecule has 5 nitrogen and oxygen atoms in total. The molecule has 0 aliphatic heterocycles. The van der Waals surface area contributed by atoms with Crippen LogP contribution in [0.1, 0.15) is 10.6 Å². The predicted molar refractivity (Wildman–Crippen MR) is 98.8 cm³/mol. The SMILES string of the molecule is O=C(CN(Cc1ccco1)Cc1cccs1)Nc1ccccc1OC(F)F. The number of anilines is 1. The normalized spacial score (nSPS) is 11.1. The number of nitrogens with zero attached hydrogens (tertiary/aromatic N) is 1. The first kappa shape index (κ1) is 19.1. The zero-order valence-electron chi connectivity index (χ0n) is 14.3. The summed E-state index contributed by atoms with van der Waals surface area (Å²) in [5, 5.41) is 4.61. The first-order valence-corrected chi connectivity index (χ1v) is 9.09. The van der Waals surface area contributed by atoms with E-state index in [0.29, 0.717) is 13.1 Å². The van der Waals surface area contributed by atoms with E-state index in [4.69, 9.17) is 4.42 Å². The first-order valence-electron chi connectivity index (χ1n) is 8.21. The summed E-state index contributed by atoms with van der Waals surface area (Å²) >= 11 is 1.60. The number of hydrogen-bond acceptors (Lipinski definition) is 5. The quantitative estimate of drug-likeness (QED) is 0.579. The number of furan rings is 1. The van der Waals surface area contributed by atoms with Crippen LogP contribution < -0.4 is 10.1 Å². The molecular weight excluding hydrogens is 374 g/mol. The van der Waals surface area contributed by atoms with Crippen molar-refractivity contribution in [1.82, 2.24) is 4.90 Å². The smallest absolute Gasteiger partial charge is 0.387 e. The van der Waals surface area contributed by atoms with Crippen LogP contribution in [0.2, 0.25) is 0 Å². The highest BCUT2D eigenvalue weighted by atomic mass is 32.1. The largest absolute Gasteiger partial charge is 0.468 e. The van der Waals surface area contributed by atoms with Crippen LogP contribution in [0.25, 0.3) is 0 Å². The Hall–Kier alpha value is -2.71. The van der Waals surface area contributed by atoms with Gasteiger partial charge in [-0.25, -0.2) is 0 Å². The maximum absolute atomic E-state index is 12.5. The van der Waals surface area contributed by atoms with E-state index in [1.165, 1.54) is 12.1 Å². The van der Waals surface area contributed by atoms with E-state index in [-0.39, 0.29) is 23.9 Å². The standard InChI is InChI=1S/C19H18F2N2O3S/c20-19(21)26-17-8-2-1-7-16(17)22-18(24)13-23(11-14-5-3-9-25-14)12-15-6-4-10-27-15/h1-10,19H,11-13H2,(H,22,24). The maximum Gasteiger partial charge on any atom is 0.387 e. The van der Waals surface area contributed by atoms with Crippen molar-refractivity contribution in [3.8, 4) is 5.75 Å². The minimum atomic E-state index is -2.96. The summed E-state index contributed by atoms with van der Waals surface area (Å²) in [4.78, 5) is 15.5. The summed E-state index contributed by atoms with van der Waals surface area (Å²) in [7, 11) is 0. The molecule has 8 heteroatoms. The third-order valence-corrected chi connectivity index (χ3v) is 4.52. The number of rotatable bonds is 9. The fraction of sp³-hybridized carbons (Fsp3) is 0.211. The molecule has 142 valence electrons. The molecule has 1 amide bonds. The van der Waals surface area contributed by atoms with Gasteiger partial charge in [0.15, 0.2) is 0 Å². The Kier molecular flexibility index (Phi) is 6.56. The van der Waals surface area contributed by atoms with E-state index < -0.39 is 6.61 Å². The molecule has 0 spiro atoms. The van der Waals surface area contributed by atoms with Gasteiger partial charge in [0.05, 0.1) is 25.0 Å². The van der Waals surface area contributed by atoms with Crippen LogP contribution in [-0.4, -0.2) is 24.0 Å². The number of thiophene rings is 1. The van der Waals surface area contributed by atoms with Crippen molar-refractivity contribution in [2.45, 2.75) is 19.7 Å². The zero-order valence-corrected chi connectivity index (χ0v) is 15.1. The van der Waals surface area contributed by atoms with Gasteiger partial charge in [0.25, 0.3) is 0 Å². The molecule has 27 heavy (non-hydrogen) atoms. The van der Waals surface area contributed by atoms with E-state index in [1.54, 1.807) is 35.8 Å². The Morgan fingerprint density at radius 3 is 2.70 bits per heavy atom. The van der Waals surface area contributed by atoms with Gasteiger partial charge in [-0.2, -0.15) is 8.78 Å². The van der Waals surface area contributed by atoms with Crippen molar-refractivity contribution in [3.63, 3.8) is 0 Å². The van der Waals surface area contributed by atoms with Gasteiger partial charge in [-0.05, 0) is 35.7 Å². The molecule has 0 saturated carbocycles. The molecule has 0 unspecified atom stereocenters. The number of nitrogens with one attached hydrogen (secondary N) is 1.